The molecule has 0 aromatic heterocycles. The molecule has 1 heterocycles. The standard InChI is InChI=1S/C23H39N5O3/c1-5-19(6-2)21(28-12-14-31-15-13-28)17-26-22(24-7-3)25-16-18-8-10-20(11-9-18)27-23(29)30-4/h8-11,19,21H,5-7,12-17H2,1-4H3,(H,27,29)(H2,24,25,26). The number of amides is 1. The second-order valence-electron chi connectivity index (χ2n) is 7.68. The minimum Gasteiger partial charge on any atom is -0.453 e. The van der Waals surface area contributed by atoms with E-state index < -0.39 is 6.09 Å². The number of benzene rings is 1. The number of rotatable bonds is 10. The Morgan fingerprint density at radius 2 is 1.81 bits per heavy atom. The Hall–Kier alpha value is -2.32. The maximum Gasteiger partial charge on any atom is 0.411 e. The maximum atomic E-state index is 11.3. The normalized spacial score (nSPS) is 16.1. The number of hydrogen-bond donors (Lipinski definition) is 3. The van der Waals surface area contributed by atoms with Gasteiger partial charge in [0.05, 0.1) is 26.9 Å². The SMILES string of the molecule is CCNC(=NCc1ccc(NC(=O)OC)cc1)NCC(C(CC)CC)N1CCOCC1. The largest absolute Gasteiger partial charge is 0.453 e. The monoisotopic (exact) mass is 433 g/mol. The first-order valence-corrected chi connectivity index (χ1v) is 11.4. The highest BCUT2D eigenvalue weighted by Gasteiger charge is 2.27. The molecule has 0 radical (unpaired) electrons. The molecule has 1 fully saturated rings. The van der Waals surface area contributed by atoms with Gasteiger partial charge < -0.3 is 20.1 Å². The van der Waals surface area contributed by atoms with Crippen molar-refractivity contribution in [1.29, 1.82) is 0 Å². The fraction of sp³-hybridized carbons (Fsp3) is 0.652. The summed E-state index contributed by atoms with van der Waals surface area (Å²) in [6.07, 6.45) is 1.86. The highest BCUT2D eigenvalue weighted by atomic mass is 16.5. The van der Waals surface area contributed by atoms with Gasteiger partial charge in [-0.1, -0.05) is 38.8 Å². The fourth-order valence-electron chi connectivity index (χ4n) is 3.91. The molecule has 31 heavy (non-hydrogen) atoms. The first-order chi connectivity index (χ1) is 15.1. The fourth-order valence-corrected chi connectivity index (χ4v) is 3.91. The topological polar surface area (TPSA) is 87.2 Å². The summed E-state index contributed by atoms with van der Waals surface area (Å²) in [5.41, 5.74) is 1.76. The third-order valence-corrected chi connectivity index (χ3v) is 5.74. The van der Waals surface area contributed by atoms with Gasteiger partial charge in [-0.15, -0.1) is 0 Å². The Kier molecular flexibility index (Phi) is 11.2. The van der Waals surface area contributed by atoms with Crippen LogP contribution in [0, 0.1) is 5.92 Å². The van der Waals surface area contributed by atoms with Gasteiger partial charge in [-0.05, 0) is 30.5 Å². The minimum absolute atomic E-state index is 0.464. The van der Waals surface area contributed by atoms with Crippen LogP contribution in [-0.2, 0) is 16.0 Å². The Bertz CT molecular complexity index is 670. The van der Waals surface area contributed by atoms with Gasteiger partial charge in [0.2, 0.25) is 0 Å². The van der Waals surface area contributed by atoms with E-state index in [2.05, 4.69) is 46.4 Å². The van der Waals surface area contributed by atoms with Crippen molar-refractivity contribution in [3.63, 3.8) is 0 Å². The summed E-state index contributed by atoms with van der Waals surface area (Å²) < 4.78 is 10.2. The summed E-state index contributed by atoms with van der Waals surface area (Å²) >= 11 is 0. The third-order valence-electron chi connectivity index (χ3n) is 5.74. The lowest BCUT2D eigenvalue weighted by atomic mass is 9.92. The number of nitrogens with zero attached hydrogens (tertiary/aromatic N) is 2. The summed E-state index contributed by atoms with van der Waals surface area (Å²) in [7, 11) is 1.35. The van der Waals surface area contributed by atoms with Crippen molar-refractivity contribution in [3.05, 3.63) is 29.8 Å². The summed E-state index contributed by atoms with van der Waals surface area (Å²) in [5, 5.41) is 9.57. The summed E-state index contributed by atoms with van der Waals surface area (Å²) in [6.45, 7) is 12.5. The average Bonchev–Trinajstić information content (AvgIpc) is 2.81. The molecular formula is C23H39N5O3. The van der Waals surface area contributed by atoms with Crippen molar-refractivity contribution in [3.8, 4) is 0 Å². The van der Waals surface area contributed by atoms with Gasteiger partial charge >= 0.3 is 6.09 Å². The van der Waals surface area contributed by atoms with Crippen LogP contribution in [0.5, 0.6) is 0 Å². The van der Waals surface area contributed by atoms with E-state index in [0.29, 0.717) is 24.2 Å². The minimum atomic E-state index is -0.475. The van der Waals surface area contributed by atoms with Crippen LogP contribution in [-0.4, -0.2) is 69.5 Å². The molecule has 1 aromatic carbocycles. The number of carbonyl (C=O) groups excluding carboxylic acids is 1. The van der Waals surface area contributed by atoms with E-state index in [1.54, 1.807) is 0 Å². The van der Waals surface area contributed by atoms with E-state index in [9.17, 15) is 4.79 Å². The van der Waals surface area contributed by atoms with E-state index in [1.165, 1.54) is 20.0 Å². The van der Waals surface area contributed by atoms with Crippen LogP contribution in [0.3, 0.4) is 0 Å². The van der Waals surface area contributed by atoms with Crippen molar-refractivity contribution >= 4 is 17.7 Å². The van der Waals surface area contributed by atoms with E-state index in [-0.39, 0.29) is 0 Å². The molecule has 1 unspecified atom stereocenters. The molecule has 1 amide bonds. The molecule has 1 saturated heterocycles. The van der Waals surface area contributed by atoms with Gasteiger partial charge in [-0.2, -0.15) is 0 Å². The maximum absolute atomic E-state index is 11.3. The van der Waals surface area contributed by atoms with Crippen molar-refractivity contribution in [1.82, 2.24) is 15.5 Å². The van der Waals surface area contributed by atoms with Gasteiger partial charge in [0.1, 0.15) is 0 Å². The lowest BCUT2D eigenvalue weighted by Gasteiger charge is -2.39. The van der Waals surface area contributed by atoms with Crippen molar-refractivity contribution in [2.75, 3.05) is 51.8 Å². The predicted molar refractivity (Wildman–Crippen MR) is 126 cm³/mol. The number of nitrogens with one attached hydrogen (secondary N) is 3. The number of methoxy groups -OCH3 is 1. The van der Waals surface area contributed by atoms with Gasteiger partial charge in [0.25, 0.3) is 0 Å². The number of morpholine rings is 1. The van der Waals surface area contributed by atoms with E-state index in [1.807, 2.05) is 24.3 Å². The lowest BCUT2D eigenvalue weighted by molar-refractivity contribution is 0.00272. The molecule has 0 aliphatic carbocycles. The second-order valence-corrected chi connectivity index (χ2v) is 7.68. The number of hydrogen-bond acceptors (Lipinski definition) is 5. The Morgan fingerprint density at radius 3 is 2.39 bits per heavy atom. The zero-order valence-electron chi connectivity index (χ0n) is 19.4. The van der Waals surface area contributed by atoms with Gasteiger partial charge in [0.15, 0.2) is 5.96 Å². The van der Waals surface area contributed by atoms with Crippen molar-refractivity contribution < 1.29 is 14.3 Å². The number of carbonyl (C=O) groups is 1. The molecule has 1 aliphatic heterocycles. The zero-order valence-corrected chi connectivity index (χ0v) is 19.4. The molecule has 0 bridgehead atoms. The molecule has 8 nitrogen and oxygen atoms in total. The van der Waals surface area contributed by atoms with Crippen LogP contribution in [0.2, 0.25) is 0 Å². The molecule has 3 N–H and O–H groups in total. The first kappa shape index (κ1) is 24.9. The first-order valence-electron chi connectivity index (χ1n) is 11.4. The highest BCUT2D eigenvalue weighted by molar-refractivity contribution is 5.84. The van der Waals surface area contributed by atoms with Crippen molar-refractivity contribution in [2.45, 2.75) is 46.2 Å². The van der Waals surface area contributed by atoms with Gasteiger partial charge in [-0.25, -0.2) is 9.79 Å². The molecule has 0 saturated carbocycles. The van der Waals surface area contributed by atoms with Crippen LogP contribution in [0.4, 0.5) is 10.5 Å². The molecule has 8 heteroatoms. The van der Waals surface area contributed by atoms with Crippen LogP contribution < -0.4 is 16.0 Å². The van der Waals surface area contributed by atoms with E-state index in [4.69, 9.17) is 9.73 Å². The highest BCUT2D eigenvalue weighted by Crippen LogP contribution is 2.19. The number of anilines is 1. The van der Waals surface area contributed by atoms with Gasteiger partial charge in [-0.3, -0.25) is 10.2 Å². The molecule has 174 valence electrons. The van der Waals surface area contributed by atoms with Crippen LogP contribution in [0.1, 0.15) is 39.2 Å². The Balaban J connectivity index is 1.99. The lowest BCUT2D eigenvalue weighted by Crippen LogP contribution is -2.53. The summed E-state index contributed by atoms with van der Waals surface area (Å²) in [5.74, 6) is 1.46. The summed E-state index contributed by atoms with van der Waals surface area (Å²) in [6, 6.07) is 8.08. The molecule has 1 atom stereocenters. The number of guanidine groups is 1. The predicted octanol–water partition coefficient (Wildman–Crippen LogP) is 3.06. The number of aliphatic imine (C=N–C) groups is 1. The van der Waals surface area contributed by atoms with Crippen LogP contribution in [0.15, 0.2) is 29.3 Å². The Labute approximate surface area is 186 Å². The van der Waals surface area contributed by atoms with E-state index in [0.717, 1.165) is 50.9 Å². The third kappa shape index (κ3) is 8.38. The second kappa shape index (κ2) is 13.9. The smallest absolute Gasteiger partial charge is 0.411 e. The molecule has 1 aliphatic rings. The van der Waals surface area contributed by atoms with Crippen LogP contribution >= 0.6 is 0 Å². The molecule has 2 rings (SSSR count). The molecular weight excluding hydrogens is 394 g/mol. The van der Waals surface area contributed by atoms with Gasteiger partial charge in [0, 0.05) is 37.9 Å². The Morgan fingerprint density at radius 1 is 1.13 bits per heavy atom. The van der Waals surface area contributed by atoms with E-state index >= 15 is 0 Å². The number of ether oxygens (including phenoxy) is 2. The van der Waals surface area contributed by atoms with Crippen molar-refractivity contribution in [2.24, 2.45) is 10.9 Å². The molecule has 0 spiro atoms. The quantitative estimate of drug-likeness (QED) is 0.388. The molecule has 1 aromatic rings. The zero-order chi connectivity index (χ0) is 22.5. The summed E-state index contributed by atoms with van der Waals surface area (Å²) in [4.78, 5) is 18.6. The van der Waals surface area contributed by atoms with Crippen LogP contribution in [0.25, 0.3) is 0 Å². The average molecular weight is 434 g/mol.